The van der Waals surface area contributed by atoms with E-state index in [0.29, 0.717) is 34.2 Å². The number of hydrogen-bond donors (Lipinski definition) is 1. The SMILES string of the molecule is [2H]C1([2H])c2ccccc2[C@@H]2N=C(c3[c-]c(Oc4ccc5cccc(O)c5n4)ccc3)O[C@@]21C.[Pt]. The van der Waals surface area contributed by atoms with Gasteiger partial charge in [-0.3, -0.25) is 4.99 Å². The number of fused-ring (bicyclic) bond motifs is 4. The summed E-state index contributed by atoms with van der Waals surface area (Å²) < 4.78 is 29.5. The van der Waals surface area contributed by atoms with E-state index in [1.807, 2.05) is 30.3 Å². The maximum atomic E-state index is 10.1. The van der Waals surface area contributed by atoms with Crippen LogP contribution >= 0.6 is 0 Å². The molecule has 2 atom stereocenters. The molecular weight excluding hydrogens is 583 g/mol. The number of aromatic nitrogens is 1. The Bertz CT molecular complexity index is 1460. The number of pyridine rings is 1. The van der Waals surface area contributed by atoms with Crippen molar-refractivity contribution >= 4 is 16.8 Å². The topological polar surface area (TPSA) is 63.9 Å². The third kappa shape index (κ3) is 3.37. The second-order valence-corrected chi connectivity index (χ2v) is 7.79. The standard InChI is InChI=1S/C26H19N2O3.Pt/c1-26-15-18-6-2-3-10-20(18)24(26)28-25(31-26)17-8-4-9-19(14-17)30-22-13-12-16-7-5-11-21(29)23(16)27-22;/h2-13,24,29H,15H2,1H3;/q-1;/t24-,26+;/m0./s1/i15D2;. The minimum atomic E-state index is -1.69. The minimum Gasteiger partial charge on any atom is -0.511 e. The maximum Gasteiger partial charge on any atom is 0.217 e. The first-order valence-electron chi connectivity index (χ1n) is 11.0. The van der Waals surface area contributed by atoms with E-state index in [-0.39, 0.29) is 26.8 Å². The number of para-hydroxylation sites is 1. The van der Waals surface area contributed by atoms with Crippen molar-refractivity contribution < 1.29 is 38.4 Å². The number of phenols is 1. The van der Waals surface area contributed by atoms with Crippen molar-refractivity contribution in [3.63, 3.8) is 0 Å². The zero-order valence-electron chi connectivity index (χ0n) is 19.0. The van der Waals surface area contributed by atoms with Gasteiger partial charge in [-0.05, 0) is 30.2 Å². The Hall–Kier alpha value is -3.17. The van der Waals surface area contributed by atoms with Crippen molar-refractivity contribution in [2.24, 2.45) is 4.99 Å². The Kier molecular flexibility index (Phi) is 4.46. The number of ether oxygens (including phenoxy) is 2. The van der Waals surface area contributed by atoms with E-state index in [4.69, 9.17) is 17.2 Å². The summed E-state index contributed by atoms with van der Waals surface area (Å²) >= 11 is 0. The third-order valence-electron chi connectivity index (χ3n) is 5.60. The van der Waals surface area contributed by atoms with Gasteiger partial charge in [-0.1, -0.05) is 48.0 Å². The molecule has 1 N–H and O–H groups in total. The van der Waals surface area contributed by atoms with Crippen LogP contribution in [0.5, 0.6) is 17.4 Å². The van der Waals surface area contributed by atoms with Gasteiger partial charge in [0.1, 0.15) is 28.8 Å². The molecule has 2 aliphatic rings. The molecule has 0 radical (unpaired) electrons. The number of aromatic hydroxyl groups is 1. The van der Waals surface area contributed by atoms with Crippen LogP contribution in [0.3, 0.4) is 0 Å². The fourth-order valence-electron chi connectivity index (χ4n) is 4.14. The molecule has 162 valence electrons. The van der Waals surface area contributed by atoms with E-state index < -0.39 is 18.0 Å². The summed E-state index contributed by atoms with van der Waals surface area (Å²) in [6, 6.07) is 24.2. The summed E-state index contributed by atoms with van der Waals surface area (Å²) in [4.78, 5) is 9.14. The number of rotatable bonds is 3. The van der Waals surface area contributed by atoms with Crippen LogP contribution in [0.25, 0.3) is 10.9 Å². The third-order valence-corrected chi connectivity index (χ3v) is 5.60. The molecule has 1 aliphatic heterocycles. The smallest absolute Gasteiger partial charge is 0.217 e. The van der Waals surface area contributed by atoms with Gasteiger partial charge in [0.25, 0.3) is 0 Å². The number of hydrogen-bond acceptors (Lipinski definition) is 5. The van der Waals surface area contributed by atoms with Gasteiger partial charge in [-0.25, -0.2) is 4.98 Å². The molecule has 2 heterocycles. The van der Waals surface area contributed by atoms with Crippen LogP contribution in [-0.4, -0.2) is 21.6 Å². The zero-order chi connectivity index (χ0) is 22.8. The molecule has 0 amide bonds. The minimum absolute atomic E-state index is 0. The van der Waals surface area contributed by atoms with Gasteiger partial charge in [-0.2, -0.15) is 0 Å². The number of nitrogens with zero attached hydrogens (tertiary/aromatic N) is 2. The summed E-state index contributed by atoms with van der Waals surface area (Å²) in [7, 11) is 0. The van der Waals surface area contributed by atoms with Crippen LogP contribution in [0, 0.1) is 6.07 Å². The van der Waals surface area contributed by atoms with E-state index in [1.54, 1.807) is 49.4 Å². The zero-order valence-corrected chi connectivity index (χ0v) is 19.3. The molecule has 0 fully saturated rings. The molecule has 32 heavy (non-hydrogen) atoms. The Morgan fingerprint density at radius 2 is 1.94 bits per heavy atom. The molecule has 6 heteroatoms. The van der Waals surface area contributed by atoms with Crippen molar-refractivity contribution in [3.8, 4) is 17.4 Å². The molecule has 6 rings (SSSR count). The molecule has 0 bridgehead atoms. The fourth-order valence-corrected chi connectivity index (χ4v) is 4.14. The van der Waals surface area contributed by atoms with Crippen molar-refractivity contribution in [2.45, 2.75) is 24.9 Å². The average molecular weight is 605 g/mol. The van der Waals surface area contributed by atoms with Gasteiger partial charge in [-0.15, -0.1) is 18.2 Å². The molecule has 0 saturated carbocycles. The number of phenolic OH excluding ortho intramolecular Hbond substituents is 1. The second kappa shape index (κ2) is 7.75. The van der Waals surface area contributed by atoms with E-state index in [9.17, 15) is 5.11 Å². The molecule has 1 aliphatic carbocycles. The summed E-state index contributed by atoms with van der Waals surface area (Å²) in [5.41, 5.74) is 1.34. The van der Waals surface area contributed by atoms with Crippen molar-refractivity contribution in [2.75, 3.05) is 0 Å². The van der Waals surface area contributed by atoms with Gasteiger partial charge < -0.3 is 14.6 Å². The van der Waals surface area contributed by atoms with Crippen molar-refractivity contribution in [1.82, 2.24) is 4.98 Å². The quantitative estimate of drug-likeness (QED) is 0.320. The van der Waals surface area contributed by atoms with Crippen LogP contribution in [-0.2, 0) is 32.2 Å². The van der Waals surface area contributed by atoms with Crippen molar-refractivity contribution in [1.29, 1.82) is 0 Å². The summed E-state index contributed by atoms with van der Waals surface area (Å²) in [5, 5.41) is 10.9. The Morgan fingerprint density at radius 3 is 2.84 bits per heavy atom. The van der Waals surface area contributed by atoms with Crippen LogP contribution in [0.2, 0.25) is 0 Å². The summed E-state index contributed by atoms with van der Waals surface area (Å²) in [6.07, 6.45) is -1.69. The van der Waals surface area contributed by atoms with Crippen LogP contribution in [0.1, 0.15) is 32.4 Å². The Balaban J connectivity index is 0.00000241. The molecule has 0 unspecified atom stereocenters. The summed E-state index contributed by atoms with van der Waals surface area (Å²) in [5.74, 6) is 1.14. The van der Waals surface area contributed by atoms with E-state index in [0.717, 1.165) is 10.9 Å². The molecule has 0 saturated heterocycles. The molecule has 3 aromatic carbocycles. The predicted molar refractivity (Wildman–Crippen MR) is 118 cm³/mol. The normalized spacial score (nSPS) is 23.2. The van der Waals surface area contributed by atoms with Gasteiger partial charge >= 0.3 is 0 Å². The fraction of sp³-hybridized carbons (Fsp3) is 0.154. The monoisotopic (exact) mass is 604 g/mol. The number of benzene rings is 3. The Morgan fingerprint density at radius 1 is 1.09 bits per heavy atom. The Labute approximate surface area is 202 Å². The van der Waals surface area contributed by atoms with Crippen LogP contribution in [0.4, 0.5) is 0 Å². The van der Waals surface area contributed by atoms with Gasteiger partial charge in [0.05, 0.1) is 0 Å². The maximum absolute atomic E-state index is 10.1. The average Bonchev–Trinajstić information content (AvgIpc) is 3.25. The molecule has 4 aromatic rings. The number of aliphatic imine (C=N–C) groups is 1. The van der Waals surface area contributed by atoms with Gasteiger partial charge in [0, 0.05) is 47.4 Å². The summed E-state index contributed by atoms with van der Waals surface area (Å²) in [6.45, 7) is 1.76. The predicted octanol–water partition coefficient (Wildman–Crippen LogP) is 5.36. The van der Waals surface area contributed by atoms with Gasteiger partial charge in [0.15, 0.2) is 0 Å². The first-order valence-corrected chi connectivity index (χ1v) is 10.0. The molecule has 5 nitrogen and oxygen atoms in total. The molecule has 0 spiro atoms. The second-order valence-electron chi connectivity index (χ2n) is 7.79. The molecule has 1 aromatic heterocycles. The van der Waals surface area contributed by atoms with Gasteiger partial charge in [0.2, 0.25) is 5.88 Å². The van der Waals surface area contributed by atoms with E-state index in [2.05, 4.69) is 11.1 Å². The van der Waals surface area contributed by atoms with E-state index in [1.165, 1.54) is 0 Å². The largest absolute Gasteiger partial charge is 0.511 e. The first-order chi connectivity index (χ1) is 15.9. The van der Waals surface area contributed by atoms with Crippen molar-refractivity contribution in [3.05, 3.63) is 95.6 Å². The first kappa shape index (κ1) is 18.4. The van der Waals surface area contributed by atoms with Crippen LogP contribution < -0.4 is 4.74 Å². The van der Waals surface area contributed by atoms with Crippen LogP contribution in [0.15, 0.2) is 77.8 Å². The molecular formula is C26H19N2O3Pt-. The van der Waals surface area contributed by atoms with E-state index >= 15 is 0 Å².